The molecule has 13 heteroatoms. The molecule has 176 valence electrons. The van der Waals surface area contributed by atoms with Gasteiger partial charge in [0, 0.05) is 18.4 Å². The number of hydrogen-bond donors (Lipinski definition) is 3. The van der Waals surface area contributed by atoms with E-state index < -0.39 is 37.5 Å². The van der Waals surface area contributed by atoms with Crippen LogP contribution in [0, 0.1) is 11.6 Å². The van der Waals surface area contributed by atoms with E-state index in [2.05, 4.69) is 15.0 Å². The van der Waals surface area contributed by atoms with Crippen LogP contribution in [0.5, 0.6) is 0 Å². The quantitative estimate of drug-likeness (QED) is 0.334. The minimum Gasteiger partial charge on any atom is -0.386 e. The van der Waals surface area contributed by atoms with Crippen molar-refractivity contribution in [3.63, 3.8) is 0 Å². The Morgan fingerprint density at radius 3 is 2.70 bits per heavy atom. The number of aliphatic imine (C=N–C) groups is 2. The third-order valence-corrected chi connectivity index (χ3v) is 8.67. The maximum Gasteiger partial charge on any atom is 0.179 e. The summed E-state index contributed by atoms with van der Waals surface area (Å²) in [5.74, 6) is -2.57. The molecule has 1 fully saturated rings. The zero-order chi connectivity index (χ0) is 24.0. The number of aromatic nitrogens is 1. The fraction of sp³-hybridized carbons (Fsp3) is 0.350. The lowest BCUT2D eigenvalue weighted by atomic mass is 9.92. The van der Waals surface area contributed by atoms with Gasteiger partial charge in [0.25, 0.3) is 0 Å². The van der Waals surface area contributed by atoms with Gasteiger partial charge < -0.3 is 10.5 Å². The molecule has 1 aromatic heterocycles. The Balaban J connectivity index is 1.79. The van der Waals surface area contributed by atoms with E-state index in [1.54, 1.807) is 5.48 Å². The number of hydrogen-bond acceptors (Lipinski definition) is 8. The van der Waals surface area contributed by atoms with E-state index in [0.29, 0.717) is 0 Å². The molecule has 1 aromatic carbocycles. The van der Waals surface area contributed by atoms with Crippen LogP contribution in [0.4, 0.5) is 14.5 Å². The number of halogens is 3. The molecular formula is C20H20ClF2N5O4S. The molecule has 9 nitrogen and oxygen atoms in total. The van der Waals surface area contributed by atoms with Gasteiger partial charge in [-0.25, -0.2) is 27.2 Å². The summed E-state index contributed by atoms with van der Waals surface area (Å²) in [6.45, 7) is 1.59. The third kappa shape index (κ3) is 3.97. The summed E-state index contributed by atoms with van der Waals surface area (Å²) in [5.41, 5.74) is 5.99. The van der Waals surface area contributed by atoms with Crippen LogP contribution in [0.1, 0.15) is 24.6 Å². The van der Waals surface area contributed by atoms with Crippen molar-refractivity contribution in [1.82, 2.24) is 10.5 Å². The number of hydroxylamine groups is 1. The molecule has 4 N–H and O–H groups in total. The zero-order valence-corrected chi connectivity index (χ0v) is 18.9. The fourth-order valence-corrected chi connectivity index (χ4v) is 6.45. The molecule has 2 atom stereocenters. The number of nitrogens with one attached hydrogen (secondary N) is 1. The molecule has 0 amide bonds. The van der Waals surface area contributed by atoms with E-state index in [-0.39, 0.29) is 53.3 Å². The van der Waals surface area contributed by atoms with E-state index in [0.717, 1.165) is 18.3 Å². The van der Waals surface area contributed by atoms with Crippen LogP contribution in [0.25, 0.3) is 0 Å². The molecule has 1 saturated heterocycles. The van der Waals surface area contributed by atoms with Gasteiger partial charge in [-0.1, -0.05) is 11.6 Å². The minimum atomic E-state index is -3.85. The lowest BCUT2D eigenvalue weighted by molar-refractivity contribution is 0.194. The second kappa shape index (κ2) is 8.28. The van der Waals surface area contributed by atoms with Gasteiger partial charge in [-0.15, -0.1) is 0 Å². The van der Waals surface area contributed by atoms with Crippen molar-refractivity contribution in [1.29, 1.82) is 0 Å². The number of nitrogens with two attached hydrogens (primary N) is 1. The van der Waals surface area contributed by atoms with E-state index >= 15 is 0 Å². The Bertz CT molecular complexity index is 1280. The number of nitrogens with zero attached hydrogens (tertiary/aromatic N) is 3. The first-order valence-corrected chi connectivity index (χ1v) is 11.8. The first kappa shape index (κ1) is 23.5. The highest BCUT2D eigenvalue weighted by Gasteiger charge is 2.57. The predicted molar refractivity (Wildman–Crippen MR) is 118 cm³/mol. The van der Waals surface area contributed by atoms with Gasteiger partial charge in [0.15, 0.2) is 26.2 Å². The van der Waals surface area contributed by atoms with Crippen molar-refractivity contribution in [2.75, 3.05) is 19.0 Å². The molecule has 1 spiro atoms. The maximum absolute atomic E-state index is 14.9. The number of benzene rings is 1. The molecule has 0 radical (unpaired) electrons. The van der Waals surface area contributed by atoms with Crippen molar-refractivity contribution in [3.05, 3.63) is 58.4 Å². The normalized spacial score (nSPS) is 26.9. The minimum absolute atomic E-state index is 0.0462. The molecule has 0 aliphatic carbocycles. The number of rotatable bonds is 3. The summed E-state index contributed by atoms with van der Waals surface area (Å²) in [4.78, 5) is 12.3. The monoisotopic (exact) mass is 499 g/mol. The molecule has 2 aromatic rings. The summed E-state index contributed by atoms with van der Waals surface area (Å²) < 4.78 is 59.3. The molecule has 2 aliphatic heterocycles. The van der Waals surface area contributed by atoms with Crippen molar-refractivity contribution in [2.45, 2.75) is 23.6 Å². The molecule has 33 heavy (non-hydrogen) atoms. The SMILES string of the molecule is C[C@@]1(c2cc(N=C(NO)c3ncc(Cl)cc3F)ccc2F)CS(=O)(=O)[C@@]2(CCOC2)C(N)=N1. The highest BCUT2D eigenvalue weighted by molar-refractivity contribution is 7.93. The van der Waals surface area contributed by atoms with Gasteiger partial charge in [0.2, 0.25) is 0 Å². The van der Waals surface area contributed by atoms with Gasteiger partial charge in [-0.2, -0.15) is 0 Å². The first-order chi connectivity index (χ1) is 15.5. The van der Waals surface area contributed by atoms with Gasteiger partial charge in [-0.05, 0) is 37.6 Å². The standard InChI is InChI=1S/C20H20ClF2N5O4S/c1-19(10-33(30,31)20(18(24)27-19)4-5-32-9-20)13-7-12(2-3-14(13)22)26-17(28-29)16-15(23)6-11(21)8-25-16/h2-3,6-8,29H,4-5,9-10H2,1H3,(H2,24,27)(H,26,28)/t19-,20+/m0/s1. The molecule has 2 aliphatic rings. The molecule has 0 bridgehead atoms. The zero-order valence-electron chi connectivity index (χ0n) is 17.3. The Labute approximate surface area is 193 Å². The van der Waals surface area contributed by atoms with E-state index in [1.165, 1.54) is 19.1 Å². The Kier molecular flexibility index (Phi) is 5.89. The van der Waals surface area contributed by atoms with Gasteiger partial charge in [0.1, 0.15) is 22.9 Å². The number of pyridine rings is 1. The van der Waals surface area contributed by atoms with Crippen molar-refractivity contribution in [2.24, 2.45) is 15.7 Å². The third-order valence-electron chi connectivity index (χ3n) is 5.79. The predicted octanol–water partition coefficient (Wildman–Crippen LogP) is 2.23. The summed E-state index contributed by atoms with van der Waals surface area (Å²) in [5, 5.41) is 9.50. The van der Waals surface area contributed by atoms with Crippen LogP contribution < -0.4 is 11.2 Å². The van der Waals surface area contributed by atoms with Crippen LogP contribution in [-0.2, 0) is 20.1 Å². The lowest BCUT2D eigenvalue weighted by Crippen LogP contribution is -2.58. The van der Waals surface area contributed by atoms with Crippen LogP contribution in [-0.4, -0.2) is 54.0 Å². The summed E-state index contributed by atoms with van der Waals surface area (Å²) in [6, 6.07) is 4.59. The van der Waals surface area contributed by atoms with Crippen molar-refractivity contribution < 1.29 is 27.1 Å². The topological polar surface area (TPSA) is 139 Å². The molecule has 0 unspecified atom stereocenters. The van der Waals surface area contributed by atoms with Gasteiger partial charge in [-0.3, -0.25) is 15.7 Å². The van der Waals surface area contributed by atoms with Crippen molar-refractivity contribution >= 4 is 38.8 Å². The fourth-order valence-electron chi connectivity index (χ4n) is 4.04. The van der Waals surface area contributed by atoms with Crippen LogP contribution in [0.2, 0.25) is 5.02 Å². The average molecular weight is 500 g/mol. The van der Waals surface area contributed by atoms with Crippen molar-refractivity contribution in [3.8, 4) is 0 Å². The molecule has 3 heterocycles. The molecule has 0 saturated carbocycles. The van der Waals surface area contributed by atoms with Gasteiger partial charge in [0.05, 0.1) is 23.1 Å². The highest BCUT2D eigenvalue weighted by Crippen LogP contribution is 2.42. The number of ether oxygens (including phenoxy) is 1. The van der Waals surface area contributed by atoms with Crippen LogP contribution in [0.15, 0.2) is 40.4 Å². The van der Waals surface area contributed by atoms with E-state index in [9.17, 15) is 22.4 Å². The van der Waals surface area contributed by atoms with E-state index in [4.69, 9.17) is 22.1 Å². The Hall–Kier alpha value is -2.67. The molecule has 4 rings (SSSR count). The second-order valence-electron chi connectivity index (χ2n) is 8.05. The Morgan fingerprint density at radius 2 is 2.09 bits per heavy atom. The number of sulfone groups is 1. The van der Waals surface area contributed by atoms with Gasteiger partial charge >= 0.3 is 0 Å². The largest absolute Gasteiger partial charge is 0.386 e. The molecular weight excluding hydrogens is 480 g/mol. The average Bonchev–Trinajstić information content (AvgIpc) is 3.24. The Morgan fingerprint density at radius 1 is 1.33 bits per heavy atom. The summed E-state index contributed by atoms with van der Waals surface area (Å²) in [6.07, 6.45) is 1.34. The smallest absolute Gasteiger partial charge is 0.179 e. The summed E-state index contributed by atoms with van der Waals surface area (Å²) >= 11 is 5.70. The van der Waals surface area contributed by atoms with Crippen LogP contribution in [0.3, 0.4) is 0 Å². The highest BCUT2D eigenvalue weighted by atomic mass is 35.5. The number of amidine groups is 2. The van der Waals surface area contributed by atoms with Crippen LogP contribution >= 0.6 is 11.6 Å². The second-order valence-corrected chi connectivity index (χ2v) is 10.8. The summed E-state index contributed by atoms with van der Waals surface area (Å²) in [7, 11) is -3.85. The maximum atomic E-state index is 14.9. The van der Waals surface area contributed by atoms with E-state index in [1.807, 2.05) is 0 Å². The lowest BCUT2D eigenvalue weighted by Gasteiger charge is -2.38. The first-order valence-electron chi connectivity index (χ1n) is 9.77.